The zero-order valence-corrected chi connectivity index (χ0v) is 13.0. The average Bonchev–Trinajstić information content (AvgIpc) is 2.45. The van der Waals surface area contributed by atoms with E-state index in [1.54, 1.807) is 0 Å². The molecular weight excluding hydrogens is 302 g/mol. The van der Waals surface area contributed by atoms with Gasteiger partial charge in [0, 0.05) is 26.8 Å². The number of hydrogen-bond donors (Lipinski definition) is 0. The number of nitrogens with zero attached hydrogens (tertiary/aromatic N) is 3. The van der Waals surface area contributed by atoms with Crippen LogP contribution in [0.15, 0.2) is 20.7 Å². The second kappa shape index (κ2) is 6.22. The zero-order chi connectivity index (χ0) is 16.4. The van der Waals surface area contributed by atoms with Crippen LogP contribution >= 0.6 is 0 Å². The maximum Gasteiger partial charge on any atom is 0.330 e. The molecule has 0 aliphatic rings. The molecule has 0 radical (unpaired) electrons. The standard InChI is InChI=1S/C11H17N3O6S/c1-5-14(7-9(15)20-4)21(18,19)8-6-12(2)11(17)13(3)10(8)16/h6H,5,7H2,1-4H3. The fourth-order valence-electron chi connectivity index (χ4n) is 1.67. The van der Waals surface area contributed by atoms with Crippen LogP contribution in [-0.2, 0) is 33.7 Å². The summed E-state index contributed by atoms with van der Waals surface area (Å²) in [5.41, 5.74) is -1.59. The summed E-state index contributed by atoms with van der Waals surface area (Å²) >= 11 is 0. The Morgan fingerprint density at radius 3 is 2.38 bits per heavy atom. The topological polar surface area (TPSA) is 108 Å². The van der Waals surface area contributed by atoms with Crippen molar-refractivity contribution in [1.82, 2.24) is 13.4 Å². The second-order valence-corrected chi connectivity index (χ2v) is 6.16. The lowest BCUT2D eigenvalue weighted by Gasteiger charge is -2.19. The molecule has 0 saturated carbocycles. The lowest BCUT2D eigenvalue weighted by atomic mass is 10.6. The molecule has 1 rings (SSSR count). The van der Waals surface area contributed by atoms with Crippen molar-refractivity contribution in [3.8, 4) is 0 Å². The van der Waals surface area contributed by atoms with Gasteiger partial charge in [-0.1, -0.05) is 6.92 Å². The first kappa shape index (κ1) is 17.1. The summed E-state index contributed by atoms with van der Waals surface area (Å²) in [7, 11) is -0.565. The van der Waals surface area contributed by atoms with E-state index in [-0.39, 0.29) is 6.54 Å². The van der Waals surface area contributed by atoms with Gasteiger partial charge in [0.2, 0.25) is 0 Å². The van der Waals surface area contributed by atoms with E-state index in [2.05, 4.69) is 4.74 Å². The molecule has 0 atom stereocenters. The number of ether oxygens (including phenoxy) is 1. The van der Waals surface area contributed by atoms with Crippen LogP contribution in [0.4, 0.5) is 0 Å². The number of likely N-dealkylation sites (N-methyl/N-ethyl adjacent to an activating group) is 1. The molecule has 10 heteroatoms. The van der Waals surface area contributed by atoms with E-state index in [0.29, 0.717) is 4.57 Å². The quantitative estimate of drug-likeness (QED) is 0.597. The molecule has 9 nitrogen and oxygen atoms in total. The van der Waals surface area contributed by atoms with Crippen LogP contribution in [0.1, 0.15) is 6.92 Å². The molecule has 1 aromatic heterocycles. The molecule has 0 aromatic carbocycles. The number of aromatic nitrogens is 2. The van der Waals surface area contributed by atoms with Gasteiger partial charge >= 0.3 is 11.7 Å². The van der Waals surface area contributed by atoms with Crippen LogP contribution in [-0.4, -0.2) is 48.0 Å². The predicted molar refractivity (Wildman–Crippen MR) is 73.4 cm³/mol. The average molecular weight is 319 g/mol. The van der Waals surface area contributed by atoms with Gasteiger partial charge in [0.1, 0.15) is 6.54 Å². The van der Waals surface area contributed by atoms with Gasteiger partial charge in [-0.2, -0.15) is 4.31 Å². The molecular formula is C11H17N3O6S. The molecule has 0 bridgehead atoms. The van der Waals surface area contributed by atoms with Crippen molar-refractivity contribution in [2.75, 3.05) is 20.2 Å². The molecule has 0 fully saturated rings. The lowest BCUT2D eigenvalue weighted by Crippen LogP contribution is -2.44. The van der Waals surface area contributed by atoms with E-state index in [1.165, 1.54) is 21.0 Å². The Morgan fingerprint density at radius 2 is 1.90 bits per heavy atom. The molecule has 0 aliphatic heterocycles. The monoisotopic (exact) mass is 319 g/mol. The van der Waals surface area contributed by atoms with E-state index >= 15 is 0 Å². The Hall–Kier alpha value is -1.94. The van der Waals surface area contributed by atoms with E-state index < -0.39 is 38.7 Å². The molecule has 0 saturated heterocycles. The summed E-state index contributed by atoms with van der Waals surface area (Å²) in [4.78, 5) is 34.3. The number of esters is 1. The fourth-order valence-corrected chi connectivity index (χ4v) is 3.21. The SMILES string of the molecule is CCN(CC(=O)OC)S(=O)(=O)c1cn(C)c(=O)n(C)c1=O. The van der Waals surface area contributed by atoms with Crippen LogP contribution in [0.2, 0.25) is 0 Å². The second-order valence-electron chi connectivity index (χ2n) is 4.26. The summed E-state index contributed by atoms with van der Waals surface area (Å²) < 4.78 is 31.8. The molecule has 0 aliphatic carbocycles. The smallest absolute Gasteiger partial charge is 0.330 e. The maximum absolute atomic E-state index is 12.4. The molecule has 21 heavy (non-hydrogen) atoms. The van der Waals surface area contributed by atoms with Crippen LogP contribution in [0, 0.1) is 0 Å². The third-order valence-corrected chi connectivity index (χ3v) is 4.82. The lowest BCUT2D eigenvalue weighted by molar-refractivity contribution is -0.140. The van der Waals surface area contributed by atoms with Crippen molar-refractivity contribution in [2.24, 2.45) is 14.1 Å². The van der Waals surface area contributed by atoms with Crippen molar-refractivity contribution in [1.29, 1.82) is 0 Å². The van der Waals surface area contributed by atoms with Crippen LogP contribution < -0.4 is 11.2 Å². The summed E-state index contributed by atoms with van der Waals surface area (Å²) in [5.74, 6) is -0.748. The number of sulfonamides is 1. The number of hydrogen-bond acceptors (Lipinski definition) is 6. The molecule has 0 unspecified atom stereocenters. The normalized spacial score (nSPS) is 11.7. The first-order chi connectivity index (χ1) is 9.66. The van der Waals surface area contributed by atoms with Crippen LogP contribution in [0.3, 0.4) is 0 Å². The maximum atomic E-state index is 12.4. The van der Waals surface area contributed by atoms with Crippen molar-refractivity contribution < 1.29 is 17.9 Å². The van der Waals surface area contributed by atoms with Crippen molar-refractivity contribution in [3.05, 3.63) is 27.0 Å². The van der Waals surface area contributed by atoms with Crippen LogP contribution in [0.25, 0.3) is 0 Å². The minimum absolute atomic E-state index is 0.0244. The molecule has 1 heterocycles. The van der Waals surface area contributed by atoms with E-state index in [4.69, 9.17) is 0 Å². The van der Waals surface area contributed by atoms with E-state index in [0.717, 1.165) is 22.2 Å². The third kappa shape index (κ3) is 3.22. The highest BCUT2D eigenvalue weighted by atomic mass is 32.2. The number of carbonyl (C=O) groups excluding carboxylic acids is 1. The van der Waals surface area contributed by atoms with Gasteiger partial charge in [0.15, 0.2) is 4.90 Å². The van der Waals surface area contributed by atoms with Crippen molar-refractivity contribution in [3.63, 3.8) is 0 Å². The minimum atomic E-state index is -4.21. The van der Waals surface area contributed by atoms with E-state index in [1.807, 2.05) is 0 Å². The van der Waals surface area contributed by atoms with Gasteiger partial charge in [0.25, 0.3) is 15.6 Å². The largest absolute Gasteiger partial charge is 0.468 e. The zero-order valence-electron chi connectivity index (χ0n) is 12.2. The number of carbonyl (C=O) groups is 1. The molecule has 0 spiro atoms. The van der Waals surface area contributed by atoms with Gasteiger partial charge in [-0.25, -0.2) is 13.2 Å². The van der Waals surface area contributed by atoms with Crippen molar-refractivity contribution >= 4 is 16.0 Å². The molecule has 118 valence electrons. The third-order valence-electron chi connectivity index (χ3n) is 2.92. The molecule has 1 aromatic rings. The van der Waals surface area contributed by atoms with Gasteiger partial charge < -0.3 is 9.30 Å². The minimum Gasteiger partial charge on any atom is -0.468 e. The van der Waals surface area contributed by atoms with Crippen molar-refractivity contribution in [2.45, 2.75) is 11.8 Å². The van der Waals surface area contributed by atoms with Gasteiger partial charge in [0.05, 0.1) is 7.11 Å². The first-order valence-corrected chi connectivity index (χ1v) is 7.44. The van der Waals surface area contributed by atoms with Gasteiger partial charge in [-0.3, -0.25) is 14.2 Å². The van der Waals surface area contributed by atoms with Gasteiger partial charge in [-0.05, 0) is 0 Å². The Bertz CT molecular complexity index is 761. The predicted octanol–water partition coefficient (Wildman–Crippen LogP) is -1.73. The van der Waals surface area contributed by atoms with Crippen LogP contribution in [0.5, 0.6) is 0 Å². The molecule has 0 N–H and O–H groups in total. The Morgan fingerprint density at radius 1 is 1.33 bits per heavy atom. The highest BCUT2D eigenvalue weighted by molar-refractivity contribution is 7.89. The number of rotatable bonds is 5. The highest BCUT2D eigenvalue weighted by Crippen LogP contribution is 2.10. The fraction of sp³-hybridized carbons (Fsp3) is 0.545. The molecule has 0 amide bonds. The van der Waals surface area contributed by atoms with E-state index in [9.17, 15) is 22.8 Å². The summed E-state index contributed by atoms with van der Waals surface area (Å²) in [6, 6.07) is 0. The first-order valence-electron chi connectivity index (χ1n) is 6.00. The number of methoxy groups -OCH3 is 1. The summed E-state index contributed by atoms with van der Waals surface area (Å²) in [6.07, 6.45) is 0.944. The highest BCUT2D eigenvalue weighted by Gasteiger charge is 2.29. The Labute approximate surface area is 121 Å². The summed E-state index contributed by atoms with van der Waals surface area (Å²) in [6.45, 7) is 0.984. The Kier molecular flexibility index (Phi) is 5.07. The number of aryl methyl sites for hydroxylation is 1. The Balaban J connectivity index is 3.47. The van der Waals surface area contributed by atoms with Gasteiger partial charge in [-0.15, -0.1) is 0 Å². The summed E-state index contributed by atoms with van der Waals surface area (Å²) in [5, 5.41) is 0.